The van der Waals surface area contributed by atoms with Crippen LogP contribution in [-0.4, -0.2) is 30.2 Å². The van der Waals surface area contributed by atoms with Crippen molar-refractivity contribution in [2.45, 2.75) is 25.3 Å². The van der Waals surface area contributed by atoms with Gasteiger partial charge < -0.3 is 17.3 Å². The number of aromatic nitrogens is 1. The van der Waals surface area contributed by atoms with Crippen LogP contribution in [0.5, 0.6) is 5.75 Å². The summed E-state index contributed by atoms with van der Waals surface area (Å²) in [6.45, 7) is 3.82. The van der Waals surface area contributed by atoms with E-state index in [1.165, 1.54) is 16.7 Å². The maximum atomic E-state index is 11.9. The first-order valence-electron chi connectivity index (χ1n) is 10.4. The van der Waals surface area contributed by atoms with E-state index in [9.17, 15) is 18.1 Å². The monoisotopic (exact) mass is 637 g/mol. The second-order valence-corrected chi connectivity index (χ2v) is 11.9. The summed E-state index contributed by atoms with van der Waals surface area (Å²) in [7, 11) is -4.64. The van der Waals surface area contributed by atoms with E-state index in [0.717, 1.165) is 27.6 Å². The number of hydrogen-bond donors (Lipinski definition) is 2. The predicted molar refractivity (Wildman–Crippen MR) is 147 cm³/mol. The van der Waals surface area contributed by atoms with Gasteiger partial charge in [0.05, 0.1) is 13.7 Å². The van der Waals surface area contributed by atoms with Crippen molar-refractivity contribution in [3.05, 3.63) is 102 Å². The van der Waals surface area contributed by atoms with Crippen molar-refractivity contribution in [1.29, 1.82) is 0 Å². The van der Waals surface area contributed by atoms with Gasteiger partial charge in [-0.15, -0.1) is 11.3 Å². The zero-order chi connectivity index (χ0) is 24.7. The normalized spacial score (nSPS) is 11.2. The Morgan fingerprint density at radius 3 is 2.00 bits per heavy atom. The van der Waals surface area contributed by atoms with Crippen LogP contribution in [0.15, 0.2) is 82.4 Å². The van der Waals surface area contributed by atoms with Crippen LogP contribution >= 0.6 is 19.3 Å². The number of ether oxygens (including phenoxy) is 1. The van der Waals surface area contributed by atoms with Crippen LogP contribution in [0.2, 0.25) is 0 Å². The van der Waals surface area contributed by atoms with E-state index in [1.807, 2.05) is 80.6 Å². The molecule has 1 atom stereocenters. The molecule has 0 saturated carbocycles. The van der Waals surface area contributed by atoms with Crippen molar-refractivity contribution in [3.8, 4) is 5.75 Å². The maximum Gasteiger partial charge on any atom is 0.299 e. The number of rotatable bonds is 6. The van der Waals surface area contributed by atoms with Crippen molar-refractivity contribution in [1.82, 2.24) is 4.98 Å². The van der Waals surface area contributed by atoms with Gasteiger partial charge in [-0.25, -0.2) is 0 Å². The number of methoxy groups -OCH3 is 1. The van der Waals surface area contributed by atoms with Crippen molar-refractivity contribution in [3.63, 3.8) is 0 Å². The topological polar surface area (TPSA) is 96.7 Å². The predicted octanol–water partition coefficient (Wildman–Crippen LogP) is 4.13. The molecule has 6 nitrogen and oxygen atoms in total. The largest absolute Gasteiger partial charge is 0.493 e. The van der Waals surface area contributed by atoms with Gasteiger partial charge in [-0.1, -0.05) is 36.4 Å². The van der Waals surface area contributed by atoms with E-state index < -0.39 is 18.0 Å². The summed E-state index contributed by atoms with van der Waals surface area (Å²) in [6, 6.07) is 20.8. The summed E-state index contributed by atoms with van der Waals surface area (Å²) >= 11 is 1.22. The van der Waals surface area contributed by atoms with Gasteiger partial charge in [0, 0.05) is 48.1 Å². The van der Waals surface area contributed by atoms with E-state index in [4.69, 9.17) is 4.74 Å². The fraction of sp³-hybridized carbons (Fsp3) is 0.154. The number of nitrogens with zero attached hydrogens (tertiary/aromatic N) is 1. The zero-order valence-corrected chi connectivity index (χ0v) is 24.6. The van der Waals surface area contributed by atoms with Crippen LogP contribution in [0.25, 0.3) is 0 Å². The molecule has 4 rings (SSSR count). The number of aliphatic hydroxyl groups is 1. The number of hydrogen-bond acceptors (Lipinski definition) is 6. The molecule has 0 aliphatic rings. The molecule has 0 saturated heterocycles. The molecular formula is C26H30NO5PPdS2. The first-order chi connectivity index (χ1) is 16.3. The molecule has 0 radical (unpaired) electrons. The number of pyridine rings is 1. The van der Waals surface area contributed by atoms with Gasteiger partial charge in [-0.05, 0) is 44.2 Å². The Hall–Kier alpha value is -1.95. The molecule has 0 bridgehead atoms. The average molecular weight is 638 g/mol. The smallest absolute Gasteiger partial charge is 0.299 e. The van der Waals surface area contributed by atoms with E-state index in [2.05, 4.69) is 4.98 Å². The Bertz CT molecular complexity index is 1300. The van der Waals surface area contributed by atoms with Gasteiger partial charge in [0.15, 0.2) is 5.75 Å². The van der Waals surface area contributed by atoms with Gasteiger partial charge in [0.1, 0.15) is 28.7 Å². The average Bonchev–Trinajstić information content (AvgIpc) is 3.30. The van der Waals surface area contributed by atoms with Gasteiger partial charge in [0.2, 0.25) is 0 Å². The van der Waals surface area contributed by atoms with Crippen molar-refractivity contribution < 1.29 is 43.2 Å². The van der Waals surface area contributed by atoms with E-state index in [0.29, 0.717) is 11.1 Å². The summed E-state index contributed by atoms with van der Waals surface area (Å²) in [6.07, 6.45) is 0. The minimum absolute atomic E-state index is 0. The number of thiophene rings is 1. The van der Waals surface area contributed by atoms with E-state index >= 15 is 0 Å². The van der Waals surface area contributed by atoms with Crippen LogP contribution in [0.4, 0.5) is 0 Å². The van der Waals surface area contributed by atoms with Crippen molar-refractivity contribution in [2.24, 2.45) is 0 Å². The van der Waals surface area contributed by atoms with Crippen LogP contribution < -0.4 is 20.7 Å². The summed E-state index contributed by atoms with van der Waals surface area (Å²) in [5.41, 5.74) is 2.90. The molecule has 10 heteroatoms. The van der Waals surface area contributed by atoms with Gasteiger partial charge >= 0.3 is 0 Å². The molecule has 2 N–H and O–H groups in total. The van der Waals surface area contributed by atoms with Crippen LogP contribution in [0.1, 0.15) is 17.0 Å². The number of aryl methyl sites for hydroxylation is 2. The standard InChI is InChI=1S/C18H17O5PS2.C7H9N.CH3.Pd/c1-23-14-7-3-5-9-16(14)24(15-8-4-2-6-13(15)10-19)17-11-25-12-18(17)26(20,21)22;1-6-4-3-5-7(2)8-6;;/h2-9,11-12,19H,10H2,1H3,(H,20,21,22);3-5H,1-2H3;1H3;/q;;-1;/p+1. The third-order valence-corrected chi connectivity index (χ3v) is 10.1. The van der Waals surface area contributed by atoms with Crippen LogP contribution in [0, 0.1) is 21.3 Å². The number of benzene rings is 2. The number of para-hydroxylation sites is 1. The second kappa shape index (κ2) is 14.7. The van der Waals surface area contributed by atoms with Gasteiger partial charge in [0.25, 0.3) is 10.1 Å². The molecule has 0 aliphatic carbocycles. The fourth-order valence-electron chi connectivity index (χ4n) is 3.54. The minimum Gasteiger partial charge on any atom is -0.493 e. The molecule has 0 amide bonds. The van der Waals surface area contributed by atoms with Gasteiger partial charge in [-0.3, -0.25) is 9.54 Å². The molecule has 0 fully saturated rings. The molecule has 2 heterocycles. The molecule has 2 aromatic heterocycles. The quantitative estimate of drug-likeness (QED) is 0.143. The Balaban J connectivity index is 0.000000555. The molecule has 36 heavy (non-hydrogen) atoms. The Kier molecular flexibility index (Phi) is 13.1. The maximum absolute atomic E-state index is 11.9. The first-order valence-corrected chi connectivity index (χ1v) is 14.3. The Labute approximate surface area is 232 Å². The van der Waals surface area contributed by atoms with Crippen molar-refractivity contribution >= 4 is 45.3 Å². The molecule has 2 aromatic carbocycles. The Morgan fingerprint density at radius 1 is 0.889 bits per heavy atom. The summed E-state index contributed by atoms with van der Waals surface area (Å²) in [4.78, 5) is 4.09. The SMILES string of the molecule is COc1ccccc1[PH+](c1ccccc1CO)c1cscc1S(=O)(=O)O.Cc1cccc(C)n1.[CH3-].[Pd]. The molecular weight excluding hydrogens is 608 g/mol. The van der Waals surface area contributed by atoms with Crippen molar-refractivity contribution in [2.75, 3.05) is 7.11 Å². The first kappa shape index (κ1) is 32.1. The summed E-state index contributed by atoms with van der Waals surface area (Å²) in [5, 5.41) is 15.2. The molecule has 1 unspecified atom stereocenters. The van der Waals surface area contributed by atoms with Gasteiger partial charge in [-0.2, -0.15) is 8.42 Å². The third-order valence-electron chi connectivity index (χ3n) is 5.03. The van der Waals surface area contributed by atoms with E-state index in [1.54, 1.807) is 12.5 Å². The second-order valence-electron chi connectivity index (χ2n) is 7.44. The minimum atomic E-state index is -4.36. The van der Waals surface area contributed by atoms with Crippen LogP contribution in [-0.2, 0) is 37.1 Å². The van der Waals surface area contributed by atoms with E-state index in [-0.39, 0.29) is 39.4 Å². The molecule has 0 spiro atoms. The zero-order valence-electron chi connectivity index (χ0n) is 20.4. The fourth-order valence-corrected chi connectivity index (χ4v) is 9.28. The van der Waals surface area contributed by atoms with Crippen LogP contribution in [0.3, 0.4) is 0 Å². The molecule has 196 valence electrons. The third kappa shape index (κ3) is 8.03. The summed E-state index contributed by atoms with van der Waals surface area (Å²) in [5.74, 6) is 0.640. The number of aliphatic hydroxyl groups excluding tert-OH is 1. The molecule has 4 aromatic rings. The summed E-state index contributed by atoms with van der Waals surface area (Å²) < 4.78 is 38.9. The Morgan fingerprint density at radius 2 is 1.47 bits per heavy atom. The molecule has 0 aliphatic heterocycles.